The molecule has 0 radical (unpaired) electrons. The fourth-order valence-corrected chi connectivity index (χ4v) is 3.93. The quantitative estimate of drug-likeness (QED) is 0.573. The summed E-state index contributed by atoms with van der Waals surface area (Å²) < 4.78 is 25.1. The monoisotopic (exact) mass is 417 g/mol. The Labute approximate surface area is 166 Å². The molecule has 1 aromatic carbocycles. The summed E-state index contributed by atoms with van der Waals surface area (Å²) in [4.78, 5) is 28.5. The zero-order valence-corrected chi connectivity index (χ0v) is 16.9. The van der Waals surface area contributed by atoms with Gasteiger partial charge in [-0.1, -0.05) is 18.2 Å². The molecule has 1 atom stereocenters. The number of rotatable bonds is 6. The van der Waals surface area contributed by atoms with Gasteiger partial charge in [0.1, 0.15) is 5.56 Å². The Hall–Kier alpha value is -2.91. The molecule has 0 aliphatic heterocycles. The highest BCUT2D eigenvalue weighted by molar-refractivity contribution is 7.92. The van der Waals surface area contributed by atoms with Gasteiger partial charge in [-0.2, -0.15) is 0 Å². The van der Waals surface area contributed by atoms with Crippen LogP contribution >= 0.6 is 11.3 Å². The number of sulfonamides is 1. The molecule has 1 unspecified atom stereocenters. The molecule has 9 heteroatoms. The standard InChI is InChI=1S/C19H19N3O4S2/c1-12(13-5-3-6-14(11-13)22-28(2,25)26)20-18(23)15-8-9-16(21-19(15)24)17-7-4-10-27-17/h3-12,22H,1-2H3,(H,20,23)(H,21,24). The van der Waals surface area contributed by atoms with Crippen LogP contribution in [0.3, 0.4) is 0 Å². The van der Waals surface area contributed by atoms with Crippen molar-refractivity contribution in [2.24, 2.45) is 0 Å². The second kappa shape index (κ2) is 7.99. The number of thiophene rings is 1. The van der Waals surface area contributed by atoms with Gasteiger partial charge in [0.2, 0.25) is 10.0 Å². The topological polar surface area (TPSA) is 108 Å². The van der Waals surface area contributed by atoms with Crippen molar-refractivity contribution >= 4 is 33.0 Å². The van der Waals surface area contributed by atoms with Crippen LogP contribution < -0.4 is 15.6 Å². The molecular weight excluding hydrogens is 398 g/mol. The minimum absolute atomic E-state index is 0.0116. The predicted octanol–water partition coefficient (Wildman–Crippen LogP) is 2.97. The second-order valence-corrected chi connectivity index (χ2v) is 8.98. The third-order valence-corrected chi connectivity index (χ3v) is 5.49. The summed E-state index contributed by atoms with van der Waals surface area (Å²) in [5.74, 6) is -0.507. The minimum atomic E-state index is -3.40. The van der Waals surface area contributed by atoms with Gasteiger partial charge in [-0.05, 0) is 48.2 Å². The minimum Gasteiger partial charge on any atom is -0.345 e. The van der Waals surface area contributed by atoms with Crippen LogP contribution in [-0.4, -0.2) is 25.6 Å². The van der Waals surface area contributed by atoms with Crippen molar-refractivity contribution in [2.75, 3.05) is 11.0 Å². The second-order valence-electron chi connectivity index (χ2n) is 6.29. The van der Waals surface area contributed by atoms with Crippen LogP contribution in [0.4, 0.5) is 5.69 Å². The first-order valence-electron chi connectivity index (χ1n) is 8.39. The number of aromatic nitrogens is 1. The number of H-pyrrole nitrogens is 1. The fourth-order valence-electron chi connectivity index (χ4n) is 2.67. The number of amides is 1. The van der Waals surface area contributed by atoms with Crippen molar-refractivity contribution in [3.63, 3.8) is 0 Å². The van der Waals surface area contributed by atoms with Crippen molar-refractivity contribution in [3.8, 4) is 10.6 Å². The SMILES string of the molecule is CC(NC(=O)c1ccc(-c2cccs2)[nH]c1=O)c1cccc(NS(C)(=O)=O)c1. The molecule has 7 nitrogen and oxygen atoms in total. The van der Waals surface area contributed by atoms with Gasteiger partial charge in [-0.25, -0.2) is 8.42 Å². The molecule has 28 heavy (non-hydrogen) atoms. The van der Waals surface area contributed by atoms with E-state index in [0.717, 1.165) is 11.1 Å². The number of anilines is 1. The largest absolute Gasteiger partial charge is 0.345 e. The van der Waals surface area contributed by atoms with E-state index in [0.29, 0.717) is 16.9 Å². The van der Waals surface area contributed by atoms with Gasteiger partial charge >= 0.3 is 0 Å². The van der Waals surface area contributed by atoms with Gasteiger partial charge in [0, 0.05) is 5.69 Å². The van der Waals surface area contributed by atoms with E-state index in [2.05, 4.69) is 15.0 Å². The molecule has 2 heterocycles. The molecule has 0 aliphatic rings. The maximum atomic E-state index is 12.5. The average Bonchev–Trinajstić information content (AvgIpc) is 3.15. The zero-order chi connectivity index (χ0) is 20.3. The van der Waals surface area contributed by atoms with Crippen LogP contribution in [0.1, 0.15) is 28.9 Å². The smallest absolute Gasteiger partial charge is 0.261 e. The number of aromatic amines is 1. The lowest BCUT2D eigenvalue weighted by molar-refractivity contribution is 0.0938. The van der Waals surface area contributed by atoms with E-state index < -0.39 is 27.5 Å². The van der Waals surface area contributed by atoms with Crippen LogP contribution in [0.5, 0.6) is 0 Å². The van der Waals surface area contributed by atoms with Crippen LogP contribution in [0.15, 0.2) is 58.7 Å². The highest BCUT2D eigenvalue weighted by Gasteiger charge is 2.16. The summed E-state index contributed by atoms with van der Waals surface area (Å²) in [6.45, 7) is 1.76. The fraction of sp³-hybridized carbons (Fsp3) is 0.158. The van der Waals surface area contributed by atoms with Crippen LogP contribution in [-0.2, 0) is 10.0 Å². The van der Waals surface area contributed by atoms with Gasteiger partial charge in [-0.3, -0.25) is 14.3 Å². The number of pyridine rings is 1. The number of nitrogens with one attached hydrogen (secondary N) is 3. The van der Waals surface area contributed by atoms with Gasteiger partial charge in [0.25, 0.3) is 11.5 Å². The lowest BCUT2D eigenvalue weighted by atomic mass is 10.1. The number of carbonyl (C=O) groups is 1. The molecule has 0 fully saturated rings. The first-order chi connectivity index (χ1) is 13.2. The van der Waals surface area contributed by atoms with Crippen LogP contribution in [0, 0.1) is 0 Å². The average molecular weight is 418 g/mol. The first-order valence-corrected chi connectivity index (χ1v) is 11.2. The van der Waals surface area contributed by atoms with Crippen molar-refractivity contribution in [2.45, 2.75) is 13.0 Å². The molecule has 1 amide bonds. The van der Waals surface area contributed by atoms with E-state index >= 15 is 0 Å². The number of carbonyl (C=O) groups excluding carboxylic acids is 1. The molecule has 3 aromatic rings. The molecule has 3 rings (SSSR count). The van der Waals surface area contributed by atoms with Gasteiger partial charge in [-0.15, -0.1) is 11.3 Å². The zero-order valence-electron chi connectivity index (χ0n) is 15.2. The van der Waals surface area contributed by atoms with Crippen LogP contribution in [0.25, 0.3) is 10.6 Å². The van der Waals surface area contributed by atoms with E-state index in [9.17, 15) is 18.0 Å². The Morgan fingerprint density at radius 1 is 1.14 bits per heavy atom. The van der Waals surface area contributed by atoms with Crippen molar-refractivity contribution in [3.05, 3.63) is 75.4 Å². The summed E-state index contributed by atoms with van der Waals surface area (Å²) in [5, 5.41) is 4.67. The maximum absolute atomic E-state index is 12.5. The summed E-state index contributed by atoms with van der Waals surface area (Å²) in [6, 6.07) is 13.2. The molecule has 146 valence electrons. The van der Waals surface area contributed by atoms with Crippen molar-refractivity contribution in [1.82, 2.24) is 10.3 Å². The molecule has 0 saturated carbocycles. The van der Waals surface area contributed by atoms with Crippen LogP contribution in [0.2, 0.25) is 0 Å². The van der Waals surface area contributed by atoms with E-state index in [1.165, 1.54) is 17.4 Å². The summed E-state index contributed by atoms with van der Waals surface area (Å²) >= 11 is 1.49. The Morgan fingerprint density at radius 2 is 1.93 bits per heavy atom. The Bertz CT molecular complexity index is 1150. The highest BCUT2D eigenvalue weighted by Crippen LogP contribution is 2.22. The van der Waals surface area contributed by atoms with Crippen molar-refractivity contribution < 1.29 is 13.2 Å². The summed E-state index contributed by atoms with van der Waals surface area (Å²) in [6.07, 6.45) is 1.07. The summed E-state index contributed by atoms with van der Waals surface area (Å²) in [7, 11) is -3.40. The predicted molar refractivity (Wildman–Crippen MR) is 111 cm³/mol. The lowest BCUT2D eigenvalue weighted by Gasteiger charge is -2.15. The molecule has 0 bridgehead atoms. The van der Waals surface area contributed by atoms with Gasteiger partial charge in [0.05, 0.1) is 22.9 Å². The summed E-state index contributed by atoms with van der Waals surface area (Å²) in [5.41, 5.74) is 1.30. The first kappa shape index (κ1) is 19.8. The third kappa shape index (κ3) is 4.87. The van der Waals surface area contributed by atoms with E-state index in [1.807, 2.05) is 17.5 Å². The Morgan fingerprint density at radius 3 is 2.57 bits per heavy atom. The van der Waals surface area contributed by atoms with E-state index in [-0.39, 0.29) is 5.56 Å². The molecule has 3 N–H and O–H groups in total. The molecule has 0 saturated heterocycles. The number of hydrogen-bond donors (Lipinski definition) is 3. The van der Waals surface area contributed by atoms with E-state index in [4.69, 9.17) is 0 Å². The lowest BCUT2D eigenvalue weighted by Crippen LogP contribution is -2.31. The third-order valence-electron chi connectivity index (χ3n) is 3.98. The molecular formula is C19H19N3O4S2. The Kier molecular flexibility index (Phi) is 5.66. The van der Waals surface area contributed by atoms with Crippen molar-refractivity contribution in [1.29, 1.82) is 0 Å². The molecule has 0 aliphatic carbocycles. The number of hydrogen-bond acceptors (Lipinski definition) is 5. The van der Waals surface area contributed by atoms with Gasteiger partial charge < -0.3 is 10.3 Å². The number of benzene rings is 1. The maximum Gasteiger partial charge on any atom is 0.261 e. The Balaban J connectivity index is 1.76. The highest BCUT2D eigenvalue weighted by atomic mass is 32.2. The van der Waals surface area contributed by atoms with E-state index in [1.54, 1.807) is 37.3 Å². The normalized spacial score (nSPS) is 12.4. The van der Waals surface area contributed by atoms with Gasteiger partial charge in [0.15, 0.2) is 0 Å². The molecule has 2 aromatic heterocycles. The molecule has 0 spiro atoms.